The number of rotatable bonds is 3. The maximum atomic E-state index is 10.8. The van der Waals surface area contributed by atoms with E-state index in [0.717, 1.165) is 17.0 Å². The fourth-order valence-corrected chi connectivity index (χ4v) is 2.84. The van der Waals surface area contributed by atoms with Crippen molar-refractivity contribution in [3.05, 3.63) is 17.0 Å². The van der Waals surface area contributed by atoms with Gasteiger partial charge >= 0.3 is 5.97 Å². The third-order valence-corrected chi connectivity index (χ3v) is 3.78. The molecule has 4 nitrogen and oxygen atoms in total. The Hall–Kier alpha value is -1.32. The number of nitrogens with zero attached hydrogens (tertiary/aromatic N) is 2. The van der Waals surface area contributed by atoms with Crippen LogP contribution in [0.2, 0.25) is 0 Å². The fourth-order valence-electron chi connectivity index (χ4n) is 2.84. The Kier molecular flexibility index (Phi) is 3.50. The van der Waals surface area contributed by atoms with Crippen molar-refractivity contribution in [2.45, 2.75) is 51.4 Å². The molecule has 0 saturated heterocycles. The lowest BCUT2D eigenvalue weighted by Gasteiger charge is -2.20. The van der Waals surface area contributed by atoms with Crippen molar-refractivity contribution in [2.75, 3.05) is 0 Å². The van der Waals surface area contributed by atoms with Crippen LogP contribution in [0.4, 0.5) is 0 Å². The Morgan fingerprint density at radius 2 is 2.06 bits per heavy atom. The lowest BCUT2D eigenvalue weighted by Crippen LogP contribution is -2.07. The molecule has 1 aliphatic carbocycles. The molecule has 1 aromatic rings. The first-order valence-corrected chi connectivity index (χ1v) is 6.33. The number of aromatic nitrogens is 2. The lowest BCUT2D eigenvalue weighted by atomic mass is 9.85. The highest BCUT2D eigenvalue weighted by Crippen LogP contribution is 2.34. The van der Waals surface area contributed by atoms with E-state index in [1.165, 1.54) is 32.1 Å². The molecule has 2 rings (SSSR count). The Balaban J connectivity index is 2.26. The zero-order chi connectivity index (χ0) is 12.4. The third-order valence-electron chi connectivity index (χ3n) is 3.78. The summed E-state index contributed by atoms with van der Waals surface area (Å²) in [6, 6.07) is 0. The molecule has 1 aliphatic rings. The summed E-state index contributed by atoms with van der Waals surface area (Å²) in [5.74, 6) is -0.246. The SMILES string of the molecule is Cc1c(C2CCCCC2)nn(C)c1CC(=O)O. The Bertz CT molecular complexity index is 417. The second kappa shape index (κ2) is 4.90. The van der Waals surface area contributed by atoms with Gasteiger partial charge in [-0.3, -0.25) is 9.48 Å². The summed E-state index contributed by atoms with van der Waals surface area (Å²) < 4.78 is 1.74. The molecule has 0 radical (unpaired) electrons. The predicted molar refractivity (Wildman–Crippen MR) is 65.1 cm³/mol. The van der Waals surface area contributed by atoms with Crippen molar-refractivity contribution >= 4 is 5.97 Å². The summed E-state index contributed by atoms with van der Waals surface area (Å²) in [5.41, 5.74) is 3.06. The number of hydrogen-bond donors (Lipinski definition) is 1. The minimum atomic E-state index is -0.786. The molecule has 1 N–H and O–H groups in total. The van der Waals surface area contributed by atoms with E-state index in [4.69, 9.17) is 5.11 Å². The van der Waals surface area contributed by atoms with Crippen LogP contribution in [0.15, 0.2) is 0 Å². The van der Waals surface area contributed by atoms with Crippen molar-refractivity contribution in [3.63, 3.8) is 0 Å². The van der Waals surface area contributed by atoms with Gasteiger partial charge in [-0.2, -0.15) is 5.10 Å². The first-order chi connectivity index (χ1) is 8.09. The second-order valence-electron chi connectivity index (χ2n) is 4.99. The van der Waals surface area contributed by atoms with Gasteiger partial charge in [-0.1, -0.05) is 19.3 Å². The Morgan fingerprint density at radius 3 is 2.65 bits per heavy atom. The highest BCUT2D eigenvalue weighted by molar-refractivity contribution is 5.70. The lowest BCUT2D eigenvalue weighted by molar-refractivity contribution is -0.136. The highest BCUT2D eigenvalue weighted by atomic mass is 16.4. The minimum Gasteiger partial charge on any atom is -0.481 e. The van der Waals surface area contributed by atoms with Crippen LogP contribution < -0.4 is 0 Å². The van der Waals surface area contributed by atoms with E-state index in [0.29, 0.717) is 5.92 Å². The van der Waals surface area contributed by atoms with Crippen molar-refractivity contribution in [1.82, 2.24) is 9.78 Å². The zero-order valence-electron chi connectivity index (χ0n) is 10.6. The van der Waals surface area contributed by atoms with Gasteiger partial charge in [-0.15, -0.1) is 0 Å². The molecule has 1 fully saturated rings. The maximum absolute atomic E-state index is 10.8. The number of aryl methyl sites for hydroxylation is 1. The second-order valence-corrected chi connectivity index (χ2v) is 4.99. The van der Waals surface area contributed by atoms with Crippen LogP contribution in [0.3, 0.4) is 0 Å². The minimum absolute atomic E-state index is 0.0715. The third kappa shape index (κ3) is 2.51. The summed E-state index contributed by atoms with van der Waals surface area (Å²) >= 11 is 0. The van der Waals surface area contributed by atoms with Crippen LogP contribution in [0, 0.1) is 6.92 Å². The molecule has 0 amide bonds. The van der Waals surface area contributed by atoms with Gasteiger partial charge in [0.15, 0.2) is 0 Å². The van der Waals surface area contributed by atoms with Crippen LogP contribution >= 0.6 is 0 Å². The molecule has 1 heterocycles. The van der Waals surface area contributed by atoms with Crippen LogP contribution in [-0.2, 0) is 18.3 Å². The van der Waals surface area contributed by atoms with Crippen molar-refractivity contribution < 1.29 is 9.90 Å². The highest BCUT2D eigenvalue weighted by Gasteiger charge is 2.23. The topological polar surface area (TPSA) is 55.1 Å². The van der Waals surface area contributed by atoms with Gasteiger partial charge < -0.3 is 5.11 Å². The average molecular weight is 236 g/mol. The molecule has 1 aromatic heterocycles. The predicted octanol–water partition coefficient (Wildman–Crippen LogP) is 2.40. The maximum Gasteiger partial charge on any atom is 0.309 e. The first kappa shape index (κ1) is 12.1. The van der Waals surface area contributed by atoms with E-state index in [2.05, 4.69) is 5.10 Å². The molecule has 0 atom stereocenters. The van der Waals surface area contributed by atoms with Crippen molar-refractivity contribution in [3.8, 4) is 0 Å². The Morgan fingerprint density at radius 1 is 1.41 bits per heavy atom. The normalized spacial score (nSPS) is 17.3. The molecule has 17 heavy (non-hydrogen) atoms. The molecule has 94 valence electrons. The molecular formula is C13H20N2O2. The summed E-state index contributed by atoms with van der Waals surface area (Å²) in [6.07, 6.45) is 6.34. The van der Waals surface area contributed by atoms with Crippen LogP contribution in [0.1, 0.15) is 55.0 Å². The average Bonchev–Trinajstić information content (AvgIpc) is 2.58. The van der Waals surface area contributed by atoms with Gasteiger partial charge in [0.05, 0.1) is 17.8 Å². The van der Waals surface area contributed by atoms with Gasteiger partial charge in [0.25, 0.3) is 0 Å². The molecule has 0 bridgehead atoms. The van der Waals surface area contributed by atoms with Gasteiger partial charge in [0.1, 0.15) is 0 Å². The molecule has 0 unspecified atom stereocenters. The molecule has 0 aromatic carbocycles. The zero-order valence-corrected chi connectivity index (χ0v) is 10.6. The number of aliphatic carboxylic acids is 1. The van der Waals surface area contributed by atoms with E-state index < -0.39 is 5.97 Å². The van der Waals surface area contributed by atoms with Crippen molar-refractivity contribution in [1.29, 1.82) is 0 Å². The standard InChI is InChI=1S/C13H20N2O2/c1-9-11(8-12(16)17)15(2)14-13(9)10-6-4-3-5-7-10/h10H,3-8H2,1-2H3,(H,16,17). The van der Waals surface area contributed by atoms with Crippen LogP contribution in [0.5, 0.6) is 0 Å². The Labute approximate surface area is 102 Å². The van der Waals surface area contributed by atoms with E-state index >= 15 is 0 Å². The molecule has 1 saturated carbocycles. The monoisotopic (exact) mass is 236 g/mol. The van der Waals surface area contributed by atoms with E-state index in [-0.39, 0.29) is 6.42 Å². The van der Waals surface area contributed by atoms with E-state index in [1.807, 2.05) is 14.0 Å². The summed E-state index contributed by atoms with van der Waals surface area (Å²) in [5, 5.41) is 13.4. The summed E-state index contributed by atoms with van der Waals surface area (Å²) in [4.78, 5) is 10.8. The quantitative estimate of drug-likeness (QED) is 0.876. The smallest absolute Gasteiger partial charge is 0.309 e. The van der Waals surface area contributed by atoms with Gasteiger partial charge in [-0.05, 0) is 25.3 Å². The first-order valence-electron chi connectivity index (χ1n) is 6.33. The molecule has 4 heteroatoms. The largest absolute Gasteiger partial charge is 0.481 e. The van der Waals surface area contributed by atoms with Crippen molar-refractivity contribution in [2.24, 2.45) is 7.05 Å². The number of carboxylic acid groups (broad SMARTS) is 1. The van der Waals surface area contributed by atoms with Crippen LogP contribution in [-0.4, -0.2) is 20.9 Å². The molecule has 0 spiro atoms. The van der Waals surface area contributed by atoms with E-state index in [1.54, 1.807) is 4.68 Å². The number of carbonyl (C=O) groups is 1. The fraction of sp³-hybridized carbons (Fsp3) is 0.692. The van der Waals surface area contributed by atoms with Gasteiger partial charge in [0, 0.05) is 13.0 Å². The number of hydrogen-bond acceptors (Lipinski definition) is 2. The summed E-state index contributed by atoms with van der Waals surface area (Å²) in [6.45, 7) is 2.01. The van der Waals surface area contributed by atoms with Crippen LogP contribution in [0.25, 0.3) is 0 Å². The van der Waals surface area contributed by atoms with Gasteiger partial charge in [0.2, 0.25) is 0 Å². The van der Waals surface area contributed by atoms with E-state index in [9.17, 15) is 4.79 Å². The van der Waals surface area contributed by atoms with Gasteiger partial charge in [-0.25, -0.2) is 0 Å². The molecule has 0 aliphatic heterocycles. The summed E-state index contributed by atoms with van der Waals surface area (Å²) in [7, 11) is 1.84. The molecular weight excluding hydrogens is 216 g/mol. The number of carboxylic acids is 1.